The molecule has 49 heavy (non-hydrogen) atoms. The molecule has 4 amide bonds. The van der Waals surface area contributed by atoms with E-state index in [1.807, 2.05) is 20.8 Å². The zero-order valence-corrected chi connectivity index (χ0v) is 29.6. The molecule has 1 aliphatic rings. The predicted molar refractivity (Wildman–Crippen MR) is 182 cm³/mol. The minimum atomic E-state index is -0.963. The lowest BCUT2D eigenvalue weighted by molar-refractivity contribution is -0.141. The average Bonchev–Trinajstić information content (AvgIpc) is 3.62. The lowest BCUT2D eigenvalue weighted by Crippen LogP contribution is -2.60. The van der Waals surface area contributed by atoms with Gasteiger partial charge < -0.3 is 25.6 Å². The van der Waals surface area contributed by atoms with Gasteiger partial charge in [-0.1, -0.05) is 32.9 Å². The zero-order chi connectivity index (χ0) is 36.3. The molecule has 1 fully saturated rings. The Morgan fingerprint density at radius 1 is 1.12 bits per heavy atom. The minimum absolute atomic E-state index is 0.156. The standard InChI is InChI=1S/C35H49FN8O5/c1-22(41(8)33(48)49-35(5,6)7)29(45)40-28(34(2,3)4)31(47)44-19-25(37)18-26(44)20-42(17-14-23-10-12-24(36)13-11-23)30(46)27-21-43-16-9-15-38-32(43)39-27/h9-13,15-16,21-22,25-26,28H,14,17-20,37H2,1-8H3,(H,40,45)/t22-,25-,26-,28+/m0/s1. The second kappa shape index (κ2) is 14.9. The van der Waals surface area contributed by atoms with Crippen molar-refractivity contribution in [1.82, 2.24) is 34.4 Å². The highest BCUT2D eigenvalue weighted by atomic mass is 19.1. The molecule has 266 valence electrons. The van der Waals surface area contributed by atoms with Crippen LogP contribution in [0.5, 0.6) is 0 Å². The highest BCUT2D eigenvalue weighted by molar-refractivity contribution is 5.93. The summed E-state index contributed by atoms with van der Waals surface area (Å²) in [7, 11) is 1.47. The Labute approximate surface area is 287 Å². The zero-order valence-electron chi connectivity index (χ0n) is 29.6. The van der Waals surface area contributed by atoms with Gasteiger partial charge in [-0.05, 0) is 69.7 Å². The number of nitrogens with one attached hydrogen (secondary N) is 1. The van der Waals surface area contributed by atoms with E-state index in [4.69, 9.17) is 10.5 Å². The first-order valence-electron chi connectivity index (χ1n) is 16.5. The smallest absolute Gasteiger partial charge is 0.410 e. The summed E-state index contributed by atoms with van der Waals surface area (Å²) < 4.78 is 20.7. The molecule has 4 rings (SSSR count). The van der Waals surface area contributed by atoms with Gasteiger partial charge in [-0.2, -0.15) is 0 Å². The summed E-state index contributed by atoms with van der Waals surface area (Å²) in [5, 5.41) is 2.88. The van der Waals surface area contributed by atoms with E-state index in [2.05, 4.69) is 15.3 Å². The van der Waals surface area contributed by atoms with E-state index in [0.29, 0.717) is 18.6 Å². The number of rotatable bonds is 10. The fourth-order valence-electron chi connectivity index (χ4n) is 5.68. The maximum Gasteiger partial charge on any atom is 0.410 e. The molecule has 0 saturated carbocycles. The van der Waals surface area contributed by atoms with Gasteiger partial charge in [0.15, 0.2) is 0 Å². The van der Waals surface area contributed by atoms with Gasteiger partial charge >= 0.3 is 6.09 Å². The van der Waals surface area contributed by atoms with E-state index in [0.717, 1.165) is 5.56 Å². The molecule has 0 bridgehead atoms. The van der Waals surface area contributed by atoms with Gasteiger partial charge in [0.1, 0.15) is 29.2 Å². The molecule has 3 N–H and O–H groups in total. The van der Waals surface area contributed by atoms with Crippen LogP contribution in [-0.2, 0) is 20.7 Å². The maximum absolute atomic E-state index is 14.3. The fourth-order valence-corrected chi connectivity index (χ4v) is 5.68. The van der Waals surface area contributed by atoms with Crippen molar-refractivity contribution in [2.45, 2.75) is 91.1 Å². The molecule has 3 aromatic rings. The van der Waals surface area contributed by atoms with Gasteiger partial charge in [0.25, 0.3) is 5.91 Å². The topological polar surface area (TPSA) is 155 Å². The van der Waals surface area contributed by atoms with E-state index < -0.39 is 41.1 Å². The Morgan fingerprint density at radius 3 is 2.41 bits per heavy atom. The second-order valence-corrected chi connectivity index (χ2v) is 14.8. The third kappa shape index (κ3) is 9.52. The van der Waals surface area contributed by atoms with E-state index >= 15 is 0 Å². The molecule has 3 heterocycles. The van der Waals surface area contributed by atoms with Gasteiger partial charge in [-0.15, -0.1) is 0 Å². The van der Waals surface area contributed by atoms with Crippen LogP contribution in [0.25, 0.3) is 5.78 Å². The molecule has 4 atom stereocenters. The molecule has 14 heteroatoms. The SMILES string of the molecule is C[C@@H](C(=O)N[C@H](C(=O)N1C[C@@H](N)C[C@H]1CN(CCc1ccc(F)cc1)C(=O)c1cn2cccnc2n1)C(C)(C)C)N(C)C(=O)OC(C)(C)C. The Balaban J connectivity index is 1.56. The van der Waals surface area contributed by atoms with Crippen LogP contribution < -0.4 is 11.1 Å². The number of hydrogen-bond donors (Lipinski definition) is 2. The Kier molecular flexibility index (Phi) is 11.3. The number of carbonyl (C=O) groups excluding carboxylic acids is 4. The minimum Gasteiger partial charge on any atom is -0.444 e. The summed E-state index contributed by atoms with van der Waals surface area (Å²) in [6, 6.07) is 5.13. The fraction of sp³-hybridized carbons (Fsp3) is 0.543. The lowest BCUT2D eigenvalue weighted by atomic mass is 9.85. The third-order valence-corrected chi connectivity index (χ3v) is 8.53. The van der Waals surface area contributed by atoms with Crippen LogP contribution in [0.3, 0.4) is 0 Å². The third-order valence-electron chi connectivity index (χ3n) is 8.53. The number of halogens is 1. The van der Waals surface area contributed by atoms with Crippen LogP contribution in [0.2, 0.25) is 0 Å². The summed E-state index contributed by atoms with van der Waals surface area (Å²) in [6.45, 7) is 13.0. The maximum atomic E-state index is 14.3. The number of likely N-dealkylation sites (N-methyl/N-ethyl adjacent to an activating group) is 1. The molecule has 1 aliphatic heterocycles. The van der Waals surface area contributed by atoms with Crippen molar-refractivity contribution in [3.05, 3.63) is 66.0 Å². The molecular weight excluding hydrogens is 631 g/mol. The number of benzene rings is 1. The molecule has 2 aromatic heterocycles. The molecule has 1 saturated heterocycles. The van der Waals surface area contributed by atoms with Crippen molar-refractivity contribution in [2.24, 2.45) is 11.1 Å². The summed E-state index contributed by atoms with van der Waals surface area (Å²) >= 11 is 0. The second-order valence-electron chi connectivity index (χ2n) is 14.8. The van der Waals surface area contributed by atoms with Gasteiger partial charge in [0.05, 0.1) is 6.04 Å². The molecule has 0 spiro atoms. The Bertz CT molecular complexity index is 1610. The summed E-state index contributed by atoms with van der Waals surface area (Å²) in [4.78, 5) is 67.6. The van der Waals surface area contributed by atoms with Crippen molar-refractivity contribution in [3.8, 4) is 0 Å². The lowest BCUT2D eigenvalue weighted by Gasteiger charge is -2.38. The molecule has 0 unspecified atom stereocenters. The summed E-state index contributed by atoms with van der Waals surface area (Å²) in [6.07, 6.45) is 5.16. The first-order chi connectivity index (χ1) is 22.8. The first-order valence-corrected chi connectivity index (χ1v) is 16.5. The quantitative estimate of drug-likeness (QED) is 0.331. The molecule has 0 radical (unpaired) electrons. The van der Waals surface area contributed by atoms with Crippen molar-refractivity contribution < 1.29 is 28.3 Å². The van der Waals surface area contributed by atoms with Gasteiger partial charge in [0, 0.05) is 51.3 Å². The number of nitrogens with two attached hydrogens (primary N) is 1. The highest BCUT2D eigenvalue weighted by Crippen LogP contribution is 2.27. The van der Waals surface area contributed by atoms with E-state index in [9.17, 15) is 23.6 Å². The number of aromatic nitrogens is 3. The van der Waals surface area contributed by atoms with E-state index in [-0.39, 0.29) is 49.0 Å². The number of amides is 4. The number of likely N-dealkylation sites (tertiary alicyclic amines) is 1. The summed E-state index contributed by atoms with van der Waals surface area (Å²) in [5.74, 6) is -1.18. The van der Waals surface area contributed by atoms with Crippen molar-refractivity contribution in [2.75, 3.05) is 26.7 Å². The number of carbonyl (C=O) groups is 4. The van der Waals surface area contributed by atoms with Crippen LogP contribution in [0.1, 0.15) is 70.9 Å². The Hall–Kier alpha value is -4.59. The molecule has 1 aromatic carbocycles. The van der Waals surface area contributed by atoms with Crippen LogP contribution in [0.4, 0.5) is 9.18 Å². The van der Waals surface area contributed by atoms with E-state index in [1.165, 1.54) is 24.1 Å². The van der Waals surface area contributed by atoms with Gasteiger partial charge in [-0.25, -0.2) is 19.2 Å². The largest absolute Gasteiger partial charge is 0.444 e. The van der Waals surface area contributed by atoms with Crippen LogP contribution in [0.15, 0.2) is 48.9 Å². The van der Waals surface area contributed by atoms with Gasteiger partial charge in [-0.3, -0.25) is 23.7 Å². The monoisotopic (exact) mass is 680 g/mol. The average molecular weight is 681 g/mol. The predicted octanol–water partition coefficient (Wildman–Crippen LogP) is 3.27. The normalized spacial score (nSPS) is 17.8. The number of imidazole rings is 1. The van der Waals surface area contributed by atoms with Crippen LogP contribution in [0, 0.1) is 11.2 Å². The van der Waals surface area contributed by atoms with Crippen LogP contribution in [-0.4, -0.2) is 109 Å². The van der Waals surface area contributed by atoms with Gasteiger partial charge in [0.2, 0.25) is 17.6 Å². The van der Waals surface area contributed by atoms with Crippen LogP contribution >= 0.6 is 0 Å². The molecule has 13 nitrogen and oxygen atoms in total. The number of ether oxygens (including phenoxy) is 1. The molecular formula is C35H49FN8O5. The number of fused-ring (bicyclic) bond motifs is 1. The first kappa shape index (κ1) is 37.2. The highest BCUT2D eigenvalue weighted by Gasteiger charge is 2.43. The van der Waals surface area contributed by atoms with Crippen molar-refractivity contribution in [1.29, 1.82) is 0 Å². The number of nitrogens with zero attached hydrogens (tertiary/aromatic N) is 6. The Morgan fingerprint density at radius 2 is 1.80 bits per heavy atom. The number of hydrogen-bond acceptors (Lipinski definition) is 8. The molecule has 0 aliphatic carbocycles. The van der Waals surface area contributed by atoms with Crippen molar-refractivity contribution >= 4 is 29.6 Å². The summed E-state index contributed by atoms with van der Waals surface area (Å²) in [5.41, 5.74) is 6.01. The van der Waals surface area contributed by atoms with E-state index in [1.54, 1.807) is 78.7 Å². The van der Waals surface area contributed by atoms with Crippen molar-refractivity contribution in [3.63, 3.8) is 0 Å².